The predicted molar refractivity (Wildman–Crippen MR) is 58.5 cm³/mol. The van der Waals surface area contributed by atoms with Crippen molar-refractivity contribution >= 4 is 15.8 Å². The number of nitrogens with one attached hydrogen (secondary N) is 2. The molecule has 1 aromatic heterocycles. The molecule has 15 heavy (non-hydrogen) atoms. The van der Waals surface area contributed by atoms with Crippen LogP contribution < -0.4 is 10.5 Å². The molecule has 1 aromatic rings. The zero-order valence-corrected chi connectivity index (χ0v) is 9.63. The van der Waals surface area contributed by atoms with Crippen molar-refractivity contribution in [3.8, 4) is 0 Å². The van der Waals surface area contributed by atoms with Gasteiger partial charge in [-0.3, -0.25) is 5.10 Å². The van der Waals surface area contributed by atoms with E-state index in [1.54, 1.807) is 0 Å². The van der Waals surface area contributed by atoms with Gasteiger partial charge in [0.1, 0.15) is 5.82 Å². The van der Waals surface area contributed by atoms with E-state index in [9.17, 15) is 8.42 Å². The van der Waals surface area contributed by atoms with Crippen LogP contribution in [0.25, 0.3) is 0 Å². The molecule has 1 heterocycles. The summed E-state index contributed by atoms with van der Waals surface area (Å²) in [7, 11) is -3.22. The number of H-pyrrole nitrogens is 1. The monoisotopic (exact) mass is 232 g/mol. The lowest BCUT2D eigenvalue weighted by Crippen LogP contribution is -2.28. The number of nitrogens with two attached hydrogens (primary N) is 1. The van der Waals surface area contributed by atoms with E-state index in [0.717, 1.165) is 0 Å². The molecule has 0 radical (unpaired) electrons. The minimum absolute atomic E-state index is 0.101. The zero-order valence-electron chi connectivity index (χ0n) is 8.82. The molecule has 0 atom stereocenters. The van der Waals surface area contributed by atoms with Crippen LogP contribution >= 0.6 is 0 Å². The summed E-state index contributed by atoms with van der Waals surface area (Å²) < 4.78 is 25.4. The molecule has 0 aliphatic carbocycles. The van der Waals surface area contributed by atoms with E-state index in [4.69, 9.17) is 5.73 Å². The highest BCUT2D eigenvalue weighted by Crippen LogP contribution is 2.06. The molecule has 0 fully saturated rings. The van der Waals surface area contributed by atoms with E-state index in [-0.39, 0.29) is 18.2 Å². The molecule has 0 spiro atoms. The number of hydrogen-bond donors (Lipinski definition) is 3. The van der Waals surface area contributed by atoms with Crippen LogP contribution in [0.3, 0.4) is 0 Å². The third-order valence-corrected chi connectivity index (χ3v) is 3.48. The molecule has 0 unspecified atom stereocenters. The van der Waals surface area contributed by atoms with Crippen molar-refractivity contribution in [3.05, 3.63) is 11.8 Å². The highest BCUT2D eigenvalue weighted by atomic mass is 32.2. The number of aromatic amines is 1. The molecular weight excluding hydrogens is 216 g/mol. The quantitative estimate of drug-likeness (QED) is 0.668. The Morgan fingerprint density at radius 3 is 2.73 bits per heavy atom. The summed E-state index contributed by atoms with van der Waals surface area (Å²) in [6.07, 6.45) is 1.51. The fraction of sp³-hybridized carbons (Fsp3) is 0.625. The second-order valence-corrected chi connectivity index (χ2v) is 5.66. The number of aromatic nitrogens is 2. The summed E-state index contributed by atoms with van der Waals surface area (Å²) in [6, 6.07) is 0. The van der Waals surface area contributed by atoms with Gasteiger partial charge >= 0.3 is 0 Å². The molecule has 0 saturated carbocycles. The first-order chi connectivity index (χ1) is 6.91. The number of hydrogen-bond acceptors (Lipinski definition) is 4. The van der Waals surface area contributed by atoms with E-state index in [1.165, 1.54) is 6.20 Å². The van der Waals surface area contributed by atoms with E-state index in [2.05, 4.69) is 14.9 Å². The standard InChI is InChI=1S/C8H16N4O2S/c1-6(2)5-15(13,14)11-4-7-3-10-12-8(7)9/h3,6,11H,4-5H2,1-2H3,(H3,9,10,12). The predicted octanol–water partition coefficient (Wildman–Crippen LogP) is 0.0673. The molecule has 0 aliphatic rings. The van der Waals surface area contributed by atoms with E-state index >= 15 is 0 Å². The largest absolute Gasteiger partial charge is 0.384 e. The first-order valence-electron chi connectivity index (χ1n) is 4.66. The van der Waals surface area contributed by atoms with Crippen LogP contribution in [0.1, 0.15) is 19.4 Å². The normalized spacial score (nSPS) is 12.2. The molecule has 4 N–H and O–H groups in total. The number of anilines is 1. The third-order valence-electron chi connectivity index (χ3n) is 1.79. The molecule has 6 nitrogen and oxygen atoms in total. The summed E-state index contributed by atoms with van der Waals surface area (Å²) in [4.78, 5) is 0. The molecule has 0 aromatic carbocycles. The van der Waals surface area contributed by atoms with Crippen molar-refractivity contribution in [3.63, 3.8) is 0 Å². The Labute approximate surface area is 89.3 Å². The van der Waals surface area contributed by atoms with Crippen molar-refractivity contribution < 1.29 is 8.42 Å². The summed E-state index contributed by atoms with van der Waals surface area (Å²) in [5, 5.41) is 6.24. The Kier molecular flexibility index (Phi) is 3.70. The van der Waals surface area contributed by atoms with Crippen molar-refractivity contribution in [1.29, 1.82) is 0 Å². The second-order valence-electron chi connectivity index (χ2n) is 3.81. The maximum absolute atomic E-state index is 11.5. The molecule has 0 bridgehead atoms. The number of rotatable bonds is 5. The first-order valence-corrected chi connectivity index (χ1v) is 6.31. The van der Waals surface area contributed by atoms with Crippen LogP contribution in [0.15, 0.2) is 6.20 Å². The van der Waals surface area contributed by atoms with Crippen LogP contribution in [0.2, 0.25) is 0 Å². The summed E-state index contributed by atoms with van der Waals surface area (Å²) in [5.74, 6) is 0.608. The SMILES string of the molecule is CC(C)CS(=O)(=O)NCc1cn[nH]c1N. The lowest BCUT2D eigenvalue weighted by atomic mass is 10.3. The van der Waals surface area contributed by atoms with Crippen LogP contribution in [-0.4, -0.2) is 24.4 Å². The van der Waals surface area contributed by atoms with Crippen molar-refractivity contribution in [2.24, 2.45) is 5.92 Å². The summed E-state index contributed by atoms with van der Waals surface area (Å²) in [6.45, 7) is 3.88. The van der Waals surface area contributed by atoms with E-state index in [0.29, 0.717) is 11.4 Å². The summed E-state index contributed by atoms with van der Waals surface area (Å²) in [5.41, 5.74) is 6.17. The molecular formula is C8H16N4O2S. The molecule has 0 saturated heterocycles. The molecule has 7 heteroatoms. The maximum atomic E-state index is 11.5. The minimum Gasteiger partial charge on any atom is -0.384 e. The second kappa shape index (κ2) is 4.63. The summed E-state index contributed by atoms with van der Waals surface area (Å²) >= 11 is 0. The van der Waals surface area contributed by atoms with Crippen LogP contribution in [0, 0.1) is 5.92 Å². The average molecular weight is 232 g/mol. The van der Waals surface area contributed by atoms with Gasteiger partial charge in [-0.2, -0.15) is 5.10 Å². The van der Waals surface area contributed by atoms with Crippen molar-refractivity contribution in [2.45, 2.75) is 20.4 Å². The Morgan fingerprint density at radius 2 is 2.27 bits per heavy atom. The van der Waals surface area contributed by atoms with E-state index < -0.39 is 10.0 Å². The van der Waals surface area contributed by atoms with Gasteiger partial charge in [0.05, 0.1) is 11.9 Å². The van der Waals surface area contributed by atoms with Gasteiger partial charge in [0.2, 0.25) is 10.0 Å². The van der Waals surface area contributed by atoms with Gasteiger partial charge < -0.3 is 5.73 Å². The molecule has 0 amide bonds. The Balaban J connectivity index is 2.54. The van der Waals surface area contributed by atoms with Gasteiger partial charge in [0, 0.05) is 12.1 Å². The first kappa shape index (κ1) is 12.0. The Bertz CT molecular complexity index is 410. The highest BCUT2D eigenvalue weighted by Gasteiger charge is 2.13. The van der Waals surface area contributed by atoms with E-state index in [1.807, 2.05) is 13.8 Å². The fourth-order valence-electron chi connectivity index (χ4n) is 1.15. The zero-order chi connectivity index (χ0) is 11.5. The van der Waals surface area contributed by atoms with Gasteiger partial charge in [0.15, 0.2) is 0 Å². The number of sulfonamides is 1. The van der Waals surface area contributed by atoms with Crippen molar-refractivity contribution in [2.75, 3.05) is 11.5 Å². The van der Waals surface area contributed by atoms with Gasteiger partial charge in [-0.25, -0.2) is 13.1 Å². The maximum Gasteiger partial charge on any atom is 0.212 e. The lowest BCUT2D eigenvalue weighted by molar-refractivity contribution is 0.568. The Morgan fingerprint density at radius 1 is 1.60 bits per heavy atom. The number of nitrogens with zero attached hydrogens (tertiary/aromatic N) is 1. The smallest absolute Gasteiger partial charge is 0.212 e. The van der Waals surface area contributed by atoms with Crippen LogP contribution in [-0.2, 0) is 16.6 Å². The Hall–Kier alpha value is -1.08. The topological polar surface area (TPSA) is 101 Å². The molecule has 1 rings (SSSR count). The van der Waals surface area contributed by atoms with Crippen molar-refractivity contribution in [1.82, 2.24) is 14.9 Å². The fourth-order valence-corrected chi connectivity index (χ4v) is 2.52. The lowest BCUT2D eigenvalue weighted by Gasteiger charge is -2.07. The molecule has 0 aliphatic heterocycles. The van der Waals surface area contributed by atoms with Gasteiger partial charge in [0.25, 0.3) is 0 Å². The minimum atomic E-state index is -3.22. The van der Waals surface area contributed by atoms with Crippen LogP contribution in [0.5, 0.6) is 0 Å². The number of nitrogen functional groups attached to an aromatic ring is 1. The van der Waals surface area contributed by atoms with Gasteiger partial charge in [-0.1, -0.05) is 13.8 Å². The average Bonchev–Trinajstić information content (AvgIpc) is 2.45. The highest BCUT2D eigenvalue weighted by molar-refractivity contribution is 7.89. The third kappa shape index (κ3) is 3.88. The van der Waals surface area contributed by atoms with Crippen LogP contribution in [0.4, 0.5) is 5.82 Å². The van der Waals surface area contributed by atoms with Gasteiger partial charge in [-0.05, 0) is 5.92 Å². The molecule has 86 valence electrons. The van der Waals surface area contributed by atoms with Gasteiger partial charge in [-0.15, -0.1) is 0 Å².